The van der Waals surface area contributed by atoms with E-state index in [2.05, 4.69) is 5.32 Å². The highest BCUT2D eigenvalue weighted by Crippen LogP contribution is 2.34. The number of benzene rings is 2. The normalized spacial score (nSPS) is 21.5. The highest BCUT2D eigenvalue weighted by atomic mass is 32.2. The Morgan fingerprint density at radius 1 is 1.00 bits per heavy atom. The van der Waals surface area contributed by atoms with Crippen molar-refractivity contribution in [3.05, 3.63) is 48.5 Å². The van der Waals surface area contributed by atoms with Crippen molar-refractivity contribution in [3.63, 3.8) is 0 Å². The van der Waals surface area contributed by atoms with Gasteiger partial charge in [-0.15, -0.1) is 0 Å². The molecule has 186 valence electrons. The van der Waals surface area contributed by atoms with Gasteiger partial charge in [0.15, 0.2) is 21.3 Å². The average Bonchev–Trinajstić information content (AvgIpc) is 3.46. The van der Waals surface area contributed by atoms with Gasteiger partial charge in [-0.3, -0.25) is 14.5 Å². The molecule has 10 heteroatoms. The molecule has 1 atom stereocenters. The van der Waals surface area contributed by atoms with Crippen LogP contribution in [0.2, 0.25) is 0 Å². The highest BCUT2D eigenvalue weighted by Gasteiger charge is 2.36. The molecule has 3 aliphatic heterocycles. The maximum Gasteiger partial charge on any atom is 0.241 e. The number of hydrogen-bond acceptors (Lipinski definition) is 7. The Morgan fingerprint density at radius 3 is 2.46 bits per heavy atom. The number of ether oxygens (including phenoxy) is 2. The summed E-state index contributed by atoms with van der Waals surface area (Å²) in [7, 11) is -3.13. The molecule has 2 saturated heterocycles. The Morgan fingerprint density at radius 2 is 1.74 bits per heavy atom. The highest BCUT2D eigenvalue weighted by molar-refractivity contribution is 7.91. The topological polar surface area (TPSA) is 105 Å². The lowest BCUT2D eigenvalue weighted by Gasteiger charge is -2.34. The van der Waals surface area contributed by atoms with Crippen molar-refractivity contribution in [1.29, 1.82) is 0 Å². The third kappa shape index (κ3) is 5.43. The average molecular weight is 500 g/mol. The Kier molecular flexibility index (Phi) is 6.66. The molecule has 1 N–H and O–H groups in total. The molecule has 2 aromatic carbocycles. The second-order valence-corrected chi connectivity index (χ2v) is 11.5. The molecule has 0 bridgehead atoms. The first kappa shape index (κ1) is 23.6. The Balaban J connectivity index is 1.17. The molecule has 0 aromatic heterocycles. The summed E-state index contributed by atoms with van der Waals surface area (Å²) in [5, 5.41) is 2.96. The number of carbonyl (C=O) groups is 2. The third-order valence-corrected chi connectivity index (χ3v) is 8.58. The maximum atomic E-state index is 13.3. The van der Waals surface area contributed by atoms with E-state index in [1.165, 1.54) is 0 Å². The molecule has 2 aromatic rings. The summed E-state index contributed by atoms with van der Waals surface area (Å²) < 4.78 is 34.8. The molecular weight excluding hydrogens is 470 g/mol. The third-order valence-electron chi connectivity index (χ3n) is 6.83. The quantitative estimate of drug-likeness (QED) is 0.650. The SMILES string of the molecule is O=C(Nc1ccc2c(c1)OCO2)C1CCN(CC(=O)N(c2ccccc2)[C@@H]2CCS(=O)(=O)C2)CC1. The second kappa shape index (κ2) is 9.87. The molecule has 0 unspecified atom stereocenters. The van der Waals surface area contributed by atoms with Gasteiger partial charge in [0.1, 0.15) is 0 Å². The van der Waals surface area contributed by atoms with Crippen molar-refractivity contribution >= 4 is 33.0 Å². The fourth-order valence-electron chi connectivity index (χ4n) is 4.97. The number of nitrogens with zero attached hydrogens (tertiary/aromatic N) is 2. The summed E-state index contributed by atoms with van der Waals surface area (Å²) in [5.41, 5.74) is 1.39. The predicted molar refractivity (Wildman–Crippen MR) is 131 cm³/mol. The summed E-state index contributed by atoms with van der Waals surface area (Å²) in [6.07, 6.45) is 1.74. The van der Waals surface area contributed by atoms with E-state index in [4.69, 9.17) is 9.47 Å². The van der Waals surface area contributed by atoms with Crippen LogP contribution in [0.3, 0.4) is 0 Å². The molecule has 2 fully saturated rings. The number of carbonyl (C=O) groups excluding carboxylic acids is 2. The van der Waals surface area contributed by atoms with Crippen molar-refractivity contribution in [3.8, 4) is 11.5 Å². The lowest BCUT2D eigenvalue weighted by Crippen LogP contribution is -2.48. The molecule has 3 heterocycles. The summed E-state index contributed by atoms with van der Waals surface area (Å²) >= 11 is 0. The lowest BCUT2D eigenvalue weighted by molar-refractivity contribution is -0.122. The number of nitrogens with one attached hydrogen (secondary N) is 1. The molecule has 0 saturated carbocycles. The summed E-state index contributed by atoms with van der Waals surface area (Å²) in [6.45, 7) is 1.62. The van der Waals surface area contributed by atoms with Crippen LogP contribution in [0.4, 0.5) is 11.4 Å². The van der Waals surface area contributed by atoms with Gasteiger partial charge in [0, 0.05) is 23.4 Å². The van der Waals surface area contributed by atoms with Crippen LogP contribution in [0.15, 0.2) is 48.5 Å². The molecule has 0 aliphatic carbocycles. The van der Waals surface area contributed by atoms with Crippen LogP contribution in [0.5, 0.6) is 11.5 Å². The van der Waals surface area contributed by atoms with Gasteiger partial charge in [0.05, 0.1) is 24.1 Å². The number of anilines is 2. The number of likely N-dealkylation sites (tertiary alicyclic amines) is 1. The van der Waals surface area contributed by atoms with E-state index in [-0.39, 0.29) is 48.6 Å². The van der Waals surface area contributed by atoms with Crippen molar-refractivity contribution < 1.29 is 27.5 Å². The molecule has 35 heavy (non-hydrogen) atoms. The van der Waals surface area contributed by atoms with E-state index in [0.29, 0.717) is 49.5 Å². The molecule has 3 aliphatic rings. The van der Waals surface area contributed by atoms with Gasteiger partial charge in [-0.25, -0.2) is 8.42 Å². The zero-order chi connectivity index (χ0) is 24.4. The number of piperidine rings is 1. The van der Waals surface area contributed by atoms with Gasteiger partial charge in [-0.05, 0) is 56.6 Å². The number of amides is 2. The number of rotatable bonds is 6. The minimum Gasteiger partial charge on any atom is -0.454 e. The van der Waals surface area contributed by atoms with Crippen LogP contribution in [0, 0.1) is 5.92 Å². The Bertz CT molecular complexity index is 1190. The predicted octanol–water partition coefficient (Wildman–Crippen LogP) is 2.29. The van der Waals surface area contributed by atoms with Crippen LogP contribution in [-0.2, 0) is 19.4 Å². The first-order valence-electron chi connectivity index (χ1n) is 11.9. The van der Waals surface area contributed by atoms with Crippen LogP contribution in [-0.4, -0.2) is 69.1 Å². The maximum absolute atomic E-state index is 13.3. The van der Waals surface area contributed by atoms with Gasteiger partial charge in [0.2, 0.25) is 18.6 Å². The van der Waals surface area contributed by atoms with Crippen LogP contribution in [0.1, 0.15) is 19.3 Å². The van der Waals surface area contributed by atoms with Crippen molar-refractivity contribution in [2.75, 3.05) is 48.1 Å². The van der Waals surface area contributed by atoms with Crippen LogP contribution in [0.25, 0.3) is 0 Å². The molecular formula is C25H29N3O6S. The van der Waals surface area contributed by atoms with Crippen LogP contribution < -0.4 is 19.7 Å². The van der Waals surface area contributed by atoms with E-state index in [9.17, 15) is 18.0 Å². The van der Waals surface area contributed by atoms with E-state index < -0.39 is 9.84 Å². The molecule has 5 rings (SSSR count). The van der Waals surface area contributed by atoms with Gasteiger partial charge >= 0.3 is 0 Å². The molecule has 0 radical (unpaired) electrons. The van der Waals surface area contributed by atoms with Crippen molar-refractivity contribution in [2.45, 2.75) is 25.3 Å². The van der Waals surface area contributed by atoms with Gasteiger partial charge in [-0.2, -0.15) is 0 Å². The van der Waals surface area contributed by atoms with E-state index in [1.54, 1.807) is 23.1 Å². The first-order valence-corrected chi connectivity index (χ1v) is 13.7. The number of hydrogen-bond donors (Lipinski definition) is 1. The fraction of sp³-hybridized carbons (Fsp3) is 0.440. The zero-order valence-electron chi connectivity index (χ0n) is 19.4. The monoisotopic (exact) mass is 499 g/mol. The van der Waals surface area contributed by atoms with Crippen molar-refractivity contribution in [1.82, 2.24) is 4.90 Å². The first-order chi connectivity index (χ1) is 16.9. The molecule has 0 spiro atoms. The smallest absolute Gasteiger partial charge is 0.241 e. The Hall–Kier alpha value is -3.11. The summed E-state index contributed by atoms with van der Waals surface area (Å²) in [4.78, 5) is 29.8. The second-order valence-electron chi connectivity index (χ2n) is 9.26. The van der Waals surface area contributed by atoms with E-state index in [1.807, 2.05) is 35.2 Å². The van der Waals surface area contributed by atoms with Crippen molar-refractivity contribution in [2.24, 2.45) is 5.92 Å². The summed E-state index contributed by atoms with van der Waals surface area (Å²) in [5.74, 6) is 1.10. The van der Waals surface area contributed by atoms with Gasteiger partial charge in [0.25, 0.3) is 0 Å². The van der Waals surface area contributed by atoms with Gasteiger partial charge < -0.3 is 19.7 Å². The van der Waals surface area contributed by atoms with E-state index in [0.717, 1.165) is 5.69 Å². The fourth-order valence-corrected chi connectivity index (χ4v) is 6.67. The van der Waals surface area contributed by atoms with E-state index >= 15 is 0 Å². The minimum absolute atomic E-state index is 0.00423. The lowest BCUT2D eigenvalue weighted by atomic mass is 9.95. The number of sulfone groups is 1. The van der Waals surface area contributed by atoms with Crippen LogP contribution >= 0.6 is 0 Å². The molecule has 9 nitrogen and oxygen atoms in total. The Labute approximate surface area is 204 Å². The minimum atomic E-state index is -3.13. The number of fused-ring (bicyclic) bond motifs is 1. The largest absolute Gasteiger partial charge is 0.454 e. The number of para-hydroxylation sites is 1. The standard InChI is InChI=1S/C25H29N3O6S/c29-24(28(20-4-2-1-3-5-20)21-10-13-35(31,32)16-21)15-27-11-8-18(9-12-27)25(30)26-19-6-7-22-23(14-19)34-17-33-22/h1-7,14,18,21H,8-13,15-17H2,(H,26,30)/t21-/m1/s1. The molecule has 2 amide bonds. The zero-order valence-corrected chi connectivity index (χ0v) is 20.2. The summed E-state index contributed by atoms with van der Waals surface area (Å²) in [6, 6.07) is 14.2. The van der Waals surface area contributed by atoms with Gasteiger partial charge in [-0.1, -0.05) is 18.2 Å².